The lowest BCUT2D eigenvalue weighted by atomic mass is 10.2. The second-order valence-corrected chi connectivity index (χ2v) is 7.00. The van der Waals surface area contributed by atoms with Gasteiger partial charge in [0.1, 0.15) is 0 Å². The minimum Gasteiger partial charge on any atom is -0.493 e. The van der Waals surface area contributed by atoms with Crippen molar-refractivity contribution in [2.45, 2.75) is 26.8 Å². The number of ether oxygens (including phenoxy) is 2. The fraction of sp³-hybridized carbons (Fsp3) is 0.364. The van der Waals surface area contributed by atoms with Gasteiger partial charge in [-0.15, -0.1) is 24.0 Å². The van der Waals surface area contributed by atoms with Crippen LogP contribution in [0.25, 0.3) is 0 Å². The number of halogens is 2. The lowest BCUT2D eigenvalue weighted by molar-refractivity contribution is -0.116. The number of nitrogens with one attached hydrogen (secondary N) is 3. The fourth-order valence-corrected chi connectivity index (χ4v) is 3.00. The lowest BCUT2D eigenvalue weighted by Crippen LogP contribution is -2.38. The van der Waals surface area contributed by atoms with Crippen LogP contribution in [0.15, 0.2) is 41.4 Å². The van der Waals surface area contributed by atoms with Crippen LogP contribution in [-0.4, -0.2) is 39.2 Å². The second kappa shape index (κ2) is 14.0. The van der Waals surface area contributed by atoms with E-state index < -0.39 is 0 Å². The molecule has 0 aliphatic heterocycles. The van der Waals surface area contributed by atoms with Crippen molar-refractivity contribution in [3.8, 4) is 11.5 Å². The zero-order valence-corrected chi connectivity index (χ0v) is 21.3. The van der Waals surface area contributed by atoms with E-state index >= 15 is 0 Å². The summed E-state index contributed by atoms with van der Waals surface area (Å²) in [6.45, 7) is 5.54. The molecular weight excluding hydrogens is 531 g/mol. The summed E-state index contributed by atoms with van der Waals surface area (Å²) in [5.41, 5.74) is 2.64. The zero-order chi connectivity index (χ0) is 21.9. The molecule has 0 atom stereocenters. The smallest absolute Gasteiger partial charge is 0.226 e. The Balaban J connectivity index is 0.00000480. The summed E-state index contributed by atoms with van der Waals surface area (Å²) in [4.78, 5) is 16.8. The number of nitrogens with zero attached hydrogens (tertiary/aromatic N) is 1. The highest BCUT2D eigenvalue weighted by molar-refractivity contribution is 14.0. The summed E-state index contributed by atoms with van der Waals surface area (Å²) in [6.07, 6.45) is 0.283. The molecule has 0 aliphatic rings. The molecule has 2 aromatic rings. The number of carbonyl (C=O) groups excluding carboxylic acids is 1. The standard InChI is InChI=1S/C22H29ClN4O3.HI/c1-5-24-22(26-14-16-7-9-19(29-3)20(13-16)30-4)25-11-10-21(28)27-18-8-6-15(2)12-17(18)23;/h6-9,12-13H,5,10-11,14H2,1-4H3,(H,27,28)(H2,24,25,26);1H. The van der Waals surface area contributed by atoms with E-state index in [0.717, 1.165) is 11.1 Å². The van der Waals surface area contributed by atoms with Crippen molar-refractivity contribution < 1.29 is 14.3 Å². The minimum absolute atomic E-state index is 0. The highest BCUT2D eigenvalue weighted by Gasteiger charge is 2.07. The van der Waals surface area contributed by atoms with Crippen molar-refractivity contribution in [3.05, 3.63) is 52.5 Å². The Kier molecular flexibility index (Phi) is 12.1. The molecule has 2 aromatic carbocycles. The van der Waals surface area contributed by atoms with Gasteiger partial charge in [-0.25, -0.2) is 4.99 Å². The van der Waals surface area contributed by atoms with Gasteiger partial charge in [0.25, 0.3) is 0 Å². The highest BCUT2D eigenvalue weighted by Crippen LogP contribution is 2.27. The number of anilines is 1. The van der Waals surface area contributed by atoms with Gasteiger partial charge in [-0.1, -0.05) is 23.7 Å². The number of hydrogen-bond donors (Lipinski definition) is 3. The average Bonchev–Trinajstić information content (AvgIpc) is 2.73. The van der Waals surface area contributed by atoms with Crippen LogP contribution in [0.5, 0.6) is 11.5 Å². The Bertz CT molecular complexity index is 893. The monoisotopic (exact) mass is 560 g/mol. The van der Waals surface area contributed by atoms with Gasteiger partial charge in [0, 0.05) is 19.5 Å². The molecule has 0 aromatic heterocycles. The van der Waals surface area contributed by atoms with E-state index in [1.807, 2.05) is 44.2 Å². The van der Waals surface area contributed by atoms with E-state index in [2.05, 4.69) is 20.9 Å². The normalized spacial score (nSPS) is 10.7. The van der Waals surface area contributed by atoms with Crippen LogP contribution in [0.2, 0.25) is 5.02 Å². The van der Waals surface area contributed by atoms with Crippen molar-refractivity contribution in [2.75, 3.05) is 32.6 Å². The first-order valence-electron chi connectivity index (χ1n) is 9.76. The van der Waals surface area contributed by atoms with Gasteiger partial charge in [-0.05, 0) is 49.2 Å². The third kappa shape index (κ3) is 8.82. The summed E-state index contributed by atoms with van der Waals surface area (Å²) in [7, 11) is 3.21. The summed E-state index contributed by atoms with van der Waals surface area (Å²) in [6, 6.07) is 11.2. The van der Waals surface area contributed by atoms with Crippen LogP contribution in [-0.2, 0) is 11.3 Å². The Labute approximate surface area is 206 Å². The number of carbonyl (C=O) groups is 1. The second-order valence-electron chi connectivity index (χ2n) is 6.59. The molecule has 0 heterocycles. The first-order valence-corrected chi connectivity index (χ1v) is 10.1. The highest BCUT2D eigenvalue weighted by atomic mass is 127. The van der Waals surface area contributed by atoms with Gasteiger partial charge >= 0.3 is 0 Å². The SMILES string of the molecule is CCNC(=NCc1ccc(OC)c(OC)c1)NCCC(=O)Nc1ccc(C)cc1Cl.I. The van der Waals surface area contributed by atoms with E-state index in [0.29, 0.717) is 47.8 Å². The molecule has 3 N–H and O–H groups in total. The molecule has 31 heavy (non-hydrogen) atoms. The molecule has 0 saturated heterocycles. The van der Waals surface area contributed by atoms with Crippen LogP contribution in [0.1, 0.15) is 24.5 Å². The number of amides is 1. The topological polar surface area (TPSA) is 84.0 Å². The Morgan fingerprint density at radius 2 is 1.81 bits per heavy atom. The largest absolute Gasteiger partial charge is 0.493 e. The third-order valence-electron chi connectivity index (χ3n) is 4.26. The van der Waals surface area contributed by atoms with E-state index in [1.54, 1.807) is 20.3 Å². The van der Waals surface area contributed by atoms with Crippen molar-refractivity contribution in [2.24, 2.45) is 4.99 Å². The number of rotatable bonds is 9. The van der Waals surface area contributed by atoms with Gasteiger partial charge in [0.2, 0.25) is 5.91 Å². The first kappa shape index (κ1) is 26.8. The predicted molar refractivity (Wildman–Crippen MR) is 137 cm³/mol. The van der Waals surface area contributed by atoms with Gasteiger partial charge in [-0.3, -0.25) is 4.79 Å². The van der Waals surface area contributed by atoms with Gasteiger partial charge in [-0.2, -0.15) is 0 Å². The molecule has 2 rings (SSSR count). The molecule has 0 bridgehead atoms. The summed E-state index contributed by atoms with van der Waals surface area (Å²) < 4.78 is 10.6. The van der Waals surface area contributed by atoms with Gasteiger partial charge in [0.15, 0.2) is 17.5 Å². The fourth-order valence-electron chi connectivity index (χ4n) is 2.72. The zero-order valence-electron chi connectivity index (χ0n) is 18.3. The van der Waals surface area contributed by atoms with Crippen molar-refractivity contribution >= 4 is 53.1 Å². The minimum atomic E-state index is -0.121. The molecule has 0 unspecified atom stereocenters. The van der Waals surface area contributed by atoms with Crippen LogP contribution in [0, 0.1) is 6.92 Å². The van der Waals surface area contributed by atoms with E-state index in [-0.39, 0.29) is 36.3 Å². The van der Waals surface area contributed by atoms with E-state index in [1.165, 1.54) is 0 Å². The molecule has 0 aliphatic carbocycles. The first-order chi connectivity index (χ1) is 14.5. The molecule has 7 nitrogen and oxygen atoms in total. The Morgan fingerprint density at radius 3 is 2.45 bits per heavy atom. The molecule has 170 valence electrons. The van der Waals surface area contributed by atoms with E-state index in [9.17, 15) is 4.79 Å². The van der Waals surface area contributed by atoms with Crippen molar-refractivity contribution in [3.63, 3.8) is 0 Å². The predicted octanol–water partition coefficient (Wildman–Crippen LogP) is 4.37. The average molecular weight is 561 g/mol. The number of aryl methyl sites for hydroxylation is 1. The van der Waals surface area contributed by atoms with Gasteiger partial charge < -0.3 is 25.4 Å². The lowest BCUT2D eigenvalue weighted by Gasteiger charge is -2.12. The number of hydrogen-bond acceptors (Lipinski definition) is 4. The Morgan fingerprint density at radius 1 is 1.06 bits per heavy atom. The molecular formula is C22H30ClIN4O3. The van der Waals surface area contributed by atoms with Crippen LogP contribution in [0.4, 0.5) is 5.69 Å². The third-order valence-corrected chi connectivity index (χ3v) is 4.57. The molecule has 0 fully saturated rings. The number of benzene rings is 2. The quantitative estimate of drug-likeness (QED) is 0.241. The van der Waals surface area contributed by atoms with Crippen LogP contribution in [0.3, 0.4) is 0 Å². The van der Waals surface area contributed by atoms with Crippen LogP contribution < -0.4 is 25.4 Å². The maximum Gasteiger partial charge on any atom is 0.226 e. The molecule has 0 spiro atoms. The molecule has 9 heteroatoms. The summed E-state index contributed by atoms with van der Waals surface area (Å²) >= 11 is 6.16. The maximum absolute atomic E-state index is 12.2. The maximum atomic E-state index is 12.2. The van der Waals surface area contributed by atoms with Gasteiger partial charge in [0.05, 0.1) is 31.5 Å². The van der Waals surface area contributed by atoms with Crippen molar-refractivity contribution in [1.82, 2.24) is 10.6 Å². The number of guanidine groups is 1. The summed E-state index contributed by atoms with van der Waals surface area (Å²) in [5.74, 6) is 1.85. The summed E-state index contributed by atoms with van der Waals surface area (Å²) in [5, 5.41) is 9.70. The van der Waals surface area contributed by atoms with Crippen LogP contribution >= 0.6 is 35.6 Å². The molecule has 0 saturated carbocycles. The number of aliphatic imine (C=N–C) groups is 1. The number of methoxy groups -OCH3 is 2. The molecule has 1 amide bonds. The van der Waals surface area contributed by atoms with Crippen molar-refractivity contribution in [1.29, 1.82) is 0 Å². The molecule has 0 radical (unpaired) electrons. The Hall–Kier alpha value is -2.20. The van der Waals surface area contributed by atoms with E-state index in [4.69, 9.17) is 21.1 Å².